The highest BCUT2D eigenvalue weighted by Gasteiger charge is 2.13. The summed E-state index contributed by atoms with van der Waals surface area (Å²) in [5, 5.41) is 1.21. The van der Waals surface area contributed by atoms with Crippen molar-refractivity contribution in [2.24, 2.45) is 4.99 Å². The molecular weight excluding hydrogens is 208 g/mol. The molecular formula is C10H24N2SSi. The van der Waals surface area contributed by atoms with E-state index < -0.39 is 8.07 Å². The zero-order valence-corrected chi connectivity index (χ0v) is 12.2. The monoisotopic (exact) mass is 232 g/mol. The van der Waals surface area contributed by atoms with Gasteiger partial charge in [0.15, 0.2) is 5.17 Å². The fourth-order valence-electron chi connectivity index (χ4n) is 1.09. The van der Waals surface area contributed by atoms with Gasteiger partial charge in [0.25, 0.3) is 0 Å². The molecule has 0 aliphatic rings. The normalized spacial score (nSPS) is 13.1. The predicted molar refractivity (Wildman–Crippen MR) is 72.1 cm³/mol. The van der Waals surface area contributed by atoms with Crippen LogP contribution in [-0.4, -0.2) is 43.7 Å². The Kier molecular flexibility index (Phi) is 6.52. The Morgan fingerprint density at radius 2 is 1.71 bits per heavy atom. The van der Waals surface area contributed by atoms with Gasteiger partial charge >= 0.3 is 0 Å². The van der Waals surface area contributed by atoms with Crippen LogP contribution < -0.4 is 0 Å². The molecule has 0 aromatic heterocycles. The quantitative estimate of drug-likeness (QED) is 0.421. The van der Waals surface area contributed by atoms with Gasteiger partial charge < -0.3 is 4.90 Å². The minimum atomic E-state index is -1.04. The van der Waals surface area contributed by atoms with Crippen molar-refractivity contribution >= 4 is 25.0 Å². The van der Waals surface area contributed by atoms with Crippen LogP contribution in [0.4, 0.5) is 0 Å². The molecule has 0 heterocycles. The van der Waals surface area contributed by atoms with E-state index in [2.05, 4.69) is 44.6 Å². The summed E-state index contributed by atoms with van der Waals surface area (Å²) >= 11 is 1.77. The van der Waals surface area contributed by atoms with Gasteiger partial charge in [0.2, 0.25) is 0 Å². The molecule has 0 rings (SSSR count). The van der Waals surface area contributed by atoms with Gasteiger partial charge in [-0.15, -0.1) is 0 Å². The highest BCUT2D eigenvalue weighted by Crippen LogP contribution is 2.08. The predicted octanol–water partition coefficient (Wildman–Crippen LogP) is 2.92. The summed E-state index contributed by atoms with van der Waals surface area (Å²) in [7, 11) is -1.04. The standard InChI is InChI=1S/C10H24N2SSi/c1-7-12(8-2)10(13-3)11-9-14(4,5)6/h7-9H2,1-6H3/b11-10-. The zero-order valence-electron chi connectivity index (χ0n) is 10.4. The van der Waals surface area contributed by atoms with Crippen LogP contribution in [0, 0.1) is 0 Å². The summed E-state index contributed by atoms with van der Waals surface area (Å²) in [4.78, 5) is 7.05. The van der Waals surface area contributed by atoms with Gasteiger partial charge in [-0.2, -0.15) is 0 Å². The topological polar surface area (TPSA) is 15.6 Å². The minimum absolute atomic E-state index is 1.04. The van der Waals surface area contributed by atoms with Gasteiger partial charge in [-0.3, -0.25) is 4.99 Å². The van der Waals surface area contributed by atoms with Crippen LogP contribution in [0.5, 0.6) is 0 Å². The van der Waals surface area contributed by atoms with Crippen LogP contribution in [0.15, 0.2) is 4.99 Å². The van der Waals surface area contributed by atoms with Crippen molar-refractivity contribution in [1.82, 2.24) is 4.90 Å². The minimum Gasteiger partial charge on any atom is -0.352 e. The molecule has 14 heavy (non-hydrogen) atoms. The van der Waals surface area contributed by atoms with E-state index in [0.717, 1.165) is 19.3 Å². The van der Waals surface area contributed by atoms with Crippen molar-refractivity contribution in [3.05, 3.63) is 0 Å². The second kappa shape index (κ2) is 6.51. The number of nitrogens with zero attached hydrogens (tertiary/aromatic N) is 2. The maximum atomic E-state index is 4.72. The average molecular weight is 232 g/mol. The summed E-state index contributed by atoms with van der Waals surface area (Å²) in [5.41, 5.74) is 0. The van der Waals surface area contributed by atoms with E-state index in [-0.39, 0.29) is 0 Å². The molecule has 4 heteroatoms. The van der Waals surface area contributed by atoms with Crippen molar-refractivity contribution in [3.63, 3.8) is 0 Å². The third kappa shape index (κ3) is 5.70. The third-order valence-corrected chi connectivity index (χ3v) is 3.76. The number of hydrogen-bond acceptors (Lipinski definition) is 2. The average Bonchev–Trinajstić information content (AvgIpc) is 2.10. The molecule has 0 saturated heterocycles. The Hall–Kier alpha value is 0.0369. The summed E-state index contributed by atoms with van der Waals surface area (Å²) in [6, 6.07) is 0. The molecule has 0 fully saturated rings. The highest BCUT2D eigenvalue weighted by molar-refractivity contribution is 8.13. The Bertz CT molecular complexity index is 183. The zero-order chi connectivity index (χ0) is 11.2. The van der Waals surface area contributed by atoms with Gasteiger partial charge in [0.1, 0.15) is 0 Å². The molecule has 0 amide bonds. The van der Waals surface area contributed by atoms with Crippen LogP contribution in [0.2, 0.25) is 19.6 Å². The third-order valence-electron chi connectivity index (χ3n) is 1.91. The van der Waals surface area contributed by atoms with Crippen molar-refractivity contribution in [2.45, 2.75) is 33.5 Å². The van der Waals surface area contributed by atoms with Gasteiger partial charge in [0.05, 0.1) is 8.07 Å². The van der Waals surface area contributed by atoms with E-state index in [9.17, 15) is 0 Å². The number of thioether (sulfide) groups is 1. The fourth-order valence-corrected chi connectivity index (χ4v) is 2.54. The SMILES string of the molecule is CCN(CC)/C(=N/C[Si](C)(C)C)SC. The van der Waals surface area contributed by atoms with Crippen molar-refractivity contribution in [3.8, 4) is 0 Å². The van der Waals surface area contributed by atoms with E-state index in [4.69, 9.17) is 4.99 Å². The lowest BCUT2D eigenvalue weighted by atomic mass is 10.6. The lowest BCUT2D eigenvalue weighted by Gasteiger charge is -2.22. The molecule has 0 aromatic carbocycles. The molecule has 0 aliphatic carbocycles. The number of amidine groups is 1. The summed E-state index contributed by atoms with van der Waals surface area (Å²) < 4.78 is 0. The number of hydrogen-bond donors (Lipinski definition) is 0. The first-order valence-electron chi connectivity index (χ1n) is 5.28. The summed E-state index contributed by atoms with van der Waals surface area (Å²) in [6.45, 7) is 13.6. The highest BCUT2D eigenvalue weighted by atomic mass is 32.2. The largest absolute Gasteiger partial charge is 0.352 e. The molecule has 0 aromatic rings. The van der Waals surface area contributed by atoms with E-state index in [0.29, 0.717) is 0 Å². The Morgan fingerprint density at radius 3 is 2.00 bits per heavy atom. The second-order valence-electron chi connectivity index (χ2n) is 4.54. The molecule has 0 spiro atoms. The van der Waals surface area contributed by atoms with Crippen LogP contribution in [0.3, 0.4) is 0 Å². The molecule has 2 nitrogen and oxygen atoms in total. The molecule has 0 bridgehead atoms. The molecule has 0 saturated carbocycles. The first-order chi connectivity index (χ1) is 6.44. The van der Waals surface area contributed by atoms with Gasteiger partial charge in [-0.1, -0.05) is 31.4 Å². The first kappa shape index (κ1) is 14.0. The second-order valence-corrected chi connectivity index (χ2v) is 10.7. The van der Waals surface area contributed by atoms with E-state index in [1.165, 1.54) is 5.17 Å². The van der Waals surface area contributed by atoms with Crippen molar-refractivity contribution in [1.29, 1.82) is 0 Å². The molecule has 0 N–H and O–H groups in total. The Morgan fingerprint density at radius 1 is 1.21 bits per heavy atom. The summed E-state index contributed by atoms with van der Waals surface area (Å²) in [6.07, 6.45) is 3.15. The number of aliphatic imine (C=N–C) groups is 1. The number of rotatable bonds is 4. The maximum absolute atomic E-state index is 4.72. The van der Waals surface area contributed by atoms with Crippen LogP contribution in [-0.2, 0) is 0 Å². The van der Waals surface area contributed by atoms with Crippen molar-refractivity contribution in [2.75, 3.05) is 25.5 Å². The van der Waals surface area contributed by atoms with Crippen LogP contribution in [0.25, 0.3) is 0 Å². The van der Waals surface area contributed by atoms with E-state index in [1.807, 2.05) is 0 Å². The van der Waals surface area contributed by atoms with Gasteiger partial charge in [0, 0.05) is 19.3 Å². The Labute approximate surface area is 94.2 Å². The van der Waals surface area contributed by atoms with Crippen LogP contribution in [0.1, 0.15) is 13.8 Å². The smallest absolute Gasteiger partial charge is 0.158 e. The van der Waals surface area contributed by atoms with Crippen molar-refractivity contribution < 1.29 is 0 Å². The maximum Gasteiger partial charge on any atom is 0.158 e. The van der Waals surface area contributed by atoms with E-state index >= 15 is 0 Å². The molecule has 0 atom stereocenters. The molecule has 0 unspecified atom stereocenters. The first-order valence-corrected chi connectivity index (χ1v) is 10.2. The van der Waals surface area contributed by atoms with E-state index in [1.54, 1.807) is 11.8 Å². The van der Waals surface area contributed by atoms with Gasteiger partial charge in [-0.05, 0) is 20.1 Å². The molecule has 0 radical (unpaired) electrons. The molecule has 0 aliphatic heterocycles. The summed E-state index contributed by atoms with van der Waals surface area (Å²) in [5.74, 6) is 0. The molecule has 84 valence electrons. The Balaban J connectivity index is 4.38. The lowest BCUT2D eigenvalue weighted by molar-refractivity contribution is 0.474. The fraction of sp³-hybridized carbons (Fsp3) is 0.900. The lowest BCUT2D eigenvalue weighted by Crippen LogP contribution is -2.31. The van der Waals surface area contributed by atoms with Crippen LogP contribution >= 0.6 is 11.8 Å². The van der Waals surface area contributed by atoms with Gasteiger partial charge in [-0.25, -0.2) is 0 Å².